The van der Waals surface area contributed by atoms with Gasteiger partial charge in [-0.15, -0.1) is 0 Å². The van der Waals surface area contributed by atoms with Crippen LogP contribution in [-0.2, 0) is 23.6 Å². The number of hydrogen-bond donors (Lipinski definition) is 0. The SMILES string of the molecule is CCOC(=O)CC[P](=O)CCC(=O)OCC. The third-order valence-electron chi connectivity index (χ3n) is 1.74. The van der Waals surface area contributed by atoms with Crippen LogP contribution < -0.4 is 0 Å². The van der Waals surface area contributed by atoms with Crippen LogP contribution in [-0.4, -0.2) is 37.5 Å². The Morgan fingerprint density at radius 3 is 1.62 bits per heavy atom. The summed E-state index contributed by atoms with van der Waals surface area (Å²) in [5, 5.41) is 0. The van der Waals surface area contributed by atoms with Gasteiger partial charge < -0.3 is 9.47 Å². The highest BCUT2D eigenvalue weighted by Crippen LogP contribution is 2.22. The molecule has 0 aromatic carbocycles. The maximum absolute atomic E-state index is 11.4. The van der Waals surface area contributed by atoms with Gasteiger partial charge >= 0.3 is 11.9 Å². The maximum atomic E-state index is 11.4. The molecular weight excluding hydrogens is 231 g/mol. The third-order valence-corrected chi connectivity index (χ3v) is 3.19. The predicted molar refractivity (Wildman–Crippen MR) is 59.8 cm³/mol. The van der Waals surface area contributed by atoms with Gasteiger partial charge in [0.15, 0.2) is 0 Å². The highest BCUT2D eigenvalue weighted by molar-refractivity contribution is 7.44. The first kappa shape index (κ1) is 15.0. The number of rotatable bonds is 8. The molecule has 16 heavy (non-hydrogen) atoms. The van der Waals surface area contributed by atoms with Gasteiger partial charge in [0.1, 0.15) is 0 Å². The van der Waals surface area contributed by atoms with Crippen molar-refractivity contribution in [3.8, 4) is 0 Å². The van der Waals surface area contributed by atoms with Crippen molar-refractivity contribution in [2.24, 2.45) is 0 Å². The van der Waals surface area contributed by atoms with Crippen molar-refractivity contribution >= 4 is 19.7 Å². The van der Waals surface area contributed by atoms with E-state index in [0.717, 1.165) is 0 Å². The van der Waals surface area contributed by atoms with E-state index in [0.29, 0.717) is 13.2 Å². The van der Waals surface area contributed by atoms with Gasteiger partial charge in [-0.3, -0.25) is 14.2 Å². The molecule has 0 aliphatic rings. The summed E-state index contributed by atoms with van der Waals surface area (Å²) in [5.41, 5.74) is 0. The van der Waals surface area contributed by atoms with Gasteiger partial charge in [-0.25, -0.2) is 0 Å². The van der Waals surface area contributed by atoms with Gasteiger partial charge in [0.25, 0.3) is 0 Å². The molecule has 0 bridgehead atoms. The van der Waals surface area contributed by atoms with Gasteiger partial charge in [0, 0.05) is 12.3 Å². The lowest BCUT2D eigenvalue weighted by Crippen LogP contribution is -2.07. The summed E-state index contributed by atoms with van der Waals surface area (Å²) in [7, 11) is -1.52. The van der Waals surface area contributed by atoms with Gasteiger partial charge in [-0.1, -0.05) is 0 Å². The largest absolute Gasteiger partial charge is 0.466 e. The molecule has 0 atom stereocenters. The van der Waals surface area contributed by atoms with Crippen LogP contribution in [0.15, 0.2) is 0 Å². The van der Waals surface area contributed by atoms with Crippen molar-refractivity contribution in [3.63, 3.8) is 0 Å². The van der Waals surface area contributed by atoms with Crippen LogP contribution in [0.3, 0.4) is 0 Å². The van der Waals surface area contributed by atoms with Gasteiger partial charge in [-0.2, -0.15) is 0 Å². The Morgan fingerprint density at radius 2 is 1.31 bits per heavy atom. The lowest BCUT2D eigenvalue weighted by Gasteiger charge is -2.02. The van der Waals surface area contributed by atoms with E-state index in [1.807, 2.05) is 0 Å². The monoisotopic (exact) mass is 249 g/mol. The second-order valence-corrected chi connectivity index (χ2v) is 4.90. The molecule has 0 amide bonds. The molecule has 0 aliphatic carbocycles. The van der Waals surface area contributed by atoms with E-state index in [1.54, 1.807) is 13.8 Å². The van der Waals surface area contributed by atoms with E-state index in [4.69, 9.17) is 9.47 Å². The minimum absolute atomic E-state index is 0.145. The molecule has 0 unspecified atom stereocenters. The van der Waals surface area contributed by atoms with Crippen LogP contribution in [0, 0.1) is 0 Å². The molecule has 0 rings (SSSR count). The Labute approximate surface area is 96.3 Å². The molecule has 0 aliphatic heterocycles. The van der Waals surface area contributed by atoms with Gasteiger partial charge in [-0.05, 0) is 13.8 Å². The number of esters is 2. The molecular formula is C10H18O5P. The second-order valence-electron chi connectivity index (χ2n) is 3.04. The average molecular weight is 249 g/mol. The molecule has 1 radical (unpaired) electrons. The third kappa shape index (κ3) is 8.36. The van der Waals surface area contributed by atoms with E-state index in [2.05, 4.69) is 0 Å². The van der Waals surface area contributed by atoms with Crippen LogP contribution in [0.2, 0.25) is 0 Å². The summed E-state index contributed by atoms with van der Waals surface area (Å²) < 4.78 is 20.8. The number of hydrogen-bond acceptors (Lipinski definition) is 5. The standard InChI is InChI=1S/C10H18O5P/c1-3-14-9(11)5-7-16(13)8-6-10(12)15-4-2/h3-8H2,1-2H3. The quantitative estimate of drug-likeness (QED) is 0.484. The Kier molecular flexibility index (Phi) is 8.72. The first-order chi connectivity index (χ1) is 7.60. The molecule has 0 saturated carbocycles. The zero-order valence-electron chi connectivity index (χ0n) is 9.73. The van der Waals surface area contributed by atoms with Crippen molar-refractivity contribution in [2.75, 3.05) is 25.5 Å². The van der Waals surface area contributed by atoms with Crippen molar-refractivity contribution in [3.05, 3.63) is 0 Å². The Hall–Kier alpha value is -0.960. The number of carbonyl (C=O) groups excluding carboxylic acids is 2. The number of carbonyl (C=O) groups is 2. The van der Waals surface area contributed by atoms with Crippen LogP contribution in [0.4, 0.5) is 0 Å². The smallest absolute Gasteiger partial charge is 0.306 e. The Balaban J connectivity index is 3.59. The second kappa shape index (κ2) is 9.28. The van der Waals surface area contributed by atoms with Crippen LogP contribution in [0.25, 0.3) is 0 Å². The number of ether oxygens (including phenoxy) is 2. The minimum Gasteiger partial charge on any atom is -0.466 e. The lowest BCUT2D eigenvalue weighted by atomic mass is 10.5. The highest BCUT2D eigenvalue weighted by Gasteiger charge is 2.09. The van der Waals surface area contributed by atoms with Crippen molar-refractivity contribution < 1.29 is 23.6 Å². The van der Waals surface area contributed by atoms with Crippen LogP contribution in [0.1, 0.15) is 26.7 Å². The molecule has 0 saturated heterocycles. The summed E-state index contributed by atoms with van der Waals surface area (Å²) in [5.74, 6) is -0.691. The molecule has 6 heteroatoms. The fourth-order valence-electron chi connectivity index (χ4n) is 1.01. The first-order valence-electron chi connectivity index (χ1n) is 5.33. The molecule has 93 valence electrons. The molecule has 0 aromatic heterocycles. The topological polar surface area (TPSA) is 69.7 Å². The van der Waals surface area contributed by atoms with Crippen LogP contribution >= 0.6 is 7.80 Å². The maximum Gasteiger partial charge on any atom is 0.306 e. The van der Waals surface area contributed by atoms with E-state index in [-0.39, 0.29) is 37.1 Å². The predicted octanol–water partition coefficient (Wildman–Crippen LogP) is 1.72. The van der Waals surface area contributed by atoms with Crippen LogP contribution in [0.5, 0.6) is 0 Å². The lowest BCUT2D eigenvalue weighted by molar-refractivity contribution is -0.143. The van der Waals surface area contributed by atoms with Crippen molar-refractivity contribution in [1.29, 1.82) is 0 Å². The van der Waals surface area contributed by atoms with E-state index in [1.165, 1.54) is 0 Å². The van der Waals surface area contributed by atoms with Crippen molar-refractivity contribution in [2.45, 2.75) is 26.7 Å². The zero-order chi connectivity index (χ0) is 12.4. The van der Waals surface area contributed by atoms with Gasteiger partial charge in [0.2, 0.25) is 0 Å². The van der Waals surface area contributed by atoms with E-state index < -0.39 is 7.80 Å². The molecule has 0 N–H and O–H groups in total. The van der Waals surface area contributed by atoms with E-state index in [9.17, 15) is 14.2 Å². The first-order valence-corrected chi connectivity index (χ1v) is 6.96. The fraction of sp³-hybridized carbons (Fsp3) is 0.800. The summed E-state index contributed by atoms with van der Waals surface area (Å²) in [6, 6.07) is 0. The van der Waals surface area contributed by atoms with E-state index >= 15 is 0 Å². The summed E-state index contributed by atoms with van der Waals surface area (Å²) in [6.45, 7) is 4.11. The Morgan fingerprint density at radius 1 is 0.938 bits per heavy atom. The molecule has 0 heterocycles. The highest BCUT2D eigenvalue weighted by atomic mass is 31.1. The summed E-state index contributed by atoms with van der Waals surface area (Å²) in [6.07, 6.45) is 0.832. The molecule has 0 spiro atoms. The normalized spacial score (nSPS) is 9.62. The summed E-state index contributed by atoms with van der Waals surface area (Å²) >= 11 is 0. The molecule has 5 nitrogen and oxygen atoms in total. The average Bonchev–Trinajstić information content (AvgIpc) is 2.24. The zero-order valence-corrected chi connectivity index (χ0v) is 10.6. The Bertz CT molecular complexity index is 228. The molecule has 0 aromatic rings. The van der Waals surface area contributed by atoms with Gasteiger partial charge in [0.05, 0.1) is 33.9 Å². The van der Waals surface area contributed by atoms with Crippen molar-refractivity contribution in [1.82, 2.24) is 0 Å². The summed E-state index contributed by atoms with van der Waals surface area (Å²) in [4.78, 5) is 21.9. The minimum atomic E-state index is -1.52. The fourth-order valence-corrected chi connectivity index (χ4v) is 2.10. The molecule has 0 fully saturated rings.